The highest BCUT2D eigenvalue weighted by Crippen LogP contribution is 2.21. The molecule has 4 nitrogen and oxygen atoms in total. The van der Waals surface area contributed by atoms with Crippen LogP contribution in [0.1, 0.15) is 54.4 Å². The van der Waals surface area contributed by atoms with Gasteiger partial charge in [-0.25, -0.2) is 0 Å². The molecule has 0 saturated heterocycles. The number of hydrogen-bond acceptors (Lipinski definition) is 2. The second-order valence-electron chi connectivity index (χ2n) is 4.35. The van der Waals surface area contributed by atoms with Crippen molar-refractivity contribution in [3.63, 3.8) is 0 Å². The van der Waals surface area contributed by atoms with E-state index in [1.165, 1.54) is 12.8 Å². The van der Waals surface area contributed by atoms with Gasteiger partial charge in [0.05, 0.1) is 0 Å². The van der Waals surface area contributed by atoms with Crippen LogP contribution in [0.3, 0.4) is 0 Å². The lowest BCUT2D eigenvalue weighted by atomic mass is 9.96. The minimum atomic E-state index is -0.0205. The van der Waals surface area contributed by atoms with Crippen molar-refractivity contribution in [2.24, 2.45) is 0 Å². The van der Waals surface area contributed by atoms with Crippen LogP contribution >= 0.6 is 0 Å². The number of fused-ring (bicyclic) bond motifs is 1. The van der Waals surface area contributed by atoms with Crippen LogP contribution in [0, 0.1) is 0 Å². The normalized spacial score (nSPS) is 14.6. The maximum atomic E-state index is 11.9. The summed E-state index contributed by atoms with van der Waals surface area (Å²) in [7, 11) is 0. The topological polar surface area (TPSA) is 57.8 Å². The summed E-state index contributed by atoms with van der Waals surface area (Å²) < 4.78 is 0. The monoisotopic (exact) mass is 221 g/mol. The first-order valence-corrected chi connectivity index (χ1v) is 6.17. The lowest BCUT2D eigenvalue weighted by Gasteiger charge is -2.10. The van der Waals surface area contributed by atoms with Crippen molar-refractivity contribution in [3.8, 4) is 0 Å². The Bertz CT molecular complexity index is 370. The Kier molecular flexibility index (Phi) is 3.59. The van der Waals surface area contributed by atoms with Crippen molar-refractivity contribution in [3.05, 3.63) is 17.0 Å². The zero-order valence-corrected chi connectivity index (χ0v) is 9.81. The highest BCUT2D eigenvalue weighted by molar-refractivity contribution is 5.94. The number of nitrogens with one attached hydrogen (secondary N) is 2. The van der Waals surface area contributed by atoms with Crippen molar-refractivity contribution in [1.82, 2.24) is 15.5 Å². The van der Waals surface area contributed by atoms with E-state index in [2.05, 4.69) is 22.4 Å². The Hall–Kier alpha value is -1.32. The number of aromatic nitrogens is 2. The summed E-state index contributed by atoms with van der Waals surface area (Å²) >= 11 is 0. The van der Waals surface area contributed by atoms with Gasteiger partial charge in [0.1, 0.15) is 0 Å². The second kappa shape index (κ2) is 5.14. The van der Waals surface area contributed by atoms with Crippen LogP contribution in [0.15, 0.2) is 0 Å². The van der Waals surface area contributed by atoms with E-state index in [9.17, 15) is 4.79 Å². The molecule has 2 N–H and O–H groups in total. The Balaban J connectivity index is 2.03. The van der Waals surface area contributed by atoms with Crippen LogP contribution in [0.5, 0.6) is 0 Å². The predicted octanol–water partition coefficient (Wildman–Crippen LogP) is 1.82. The largest absolute Gasteiger partial charge is 0.351 e. The average molecular weight is 221 g/mol. The second-order valence-corrected chi connectivity index (χ2v) is 4.35. The molecule has 1 amide bonds. The van der Waals surface area contributed by atoms with Crippen LogP contribution < -0.4 is 5.32 Å². The zero-order chi connectivity index (χ0) is 11.4. The first-order valence-electron chi connectivity index (χ1n) is 6.17. The van der Waals surface area contributed by atoms with Crippen molar-refractivity contribution in [2.75, 3.05) is 6.54 Å². The number of carbonyl (C=O) groups excluding carboxylic acids is 1. The molecule has 88 valence electrons. The molecule has 1 heterocycles. The average Bonchev–Trinajstić information content (AvgIpc) is 2.73. The number of nitrogens with zero attached hydrogens (tertiary/aromatic N) is 1. The third-order valence-corrected chi connectivity index (χ3v) is 3.09. The van der Waals surface area contributed by atoms with Crippen LogP contribution in [-0.4, -0.2) is 22.6 Å². The third kappa shape index (κ3) is 2.26. The molecule has 0 spiro atoms. The van der Waals surface area contributed by atoms with Gasteiger partial charge in [-0.3, -0.25) is 9.89 Å². The molecule has 0 unspecified atom stereocenters. The molecule has 2 rings (SSSR count). The molecule has 0 saturated carbocycles. The van der Waals surface area contributed by atoms with Gasteiger partial charge in [-0.05, 0) is 32.1 Å². The molecular formula is C12H19N3O. The highest BCUT2D eigenvalue weighted by atomic mass is 16.1. The minimum absolute atomic E-state index is 0.0205. The molecule has 4 heteroatoms. The van der Waals surface area contributed by atoms with E-state index >= 15 is 0 Å². The Morgan fingerprint density at radius 2 is 2.25 bits per heavy atom. The Labute approximate surface area is 95.8 Å². The van der Waals surface area contributed by atoms with Crippen LogP contribution in [-0.2, 0) is 12.8 Å². The van der Waals surface area contributed by atoms with Crippen LogP contribution in [0.2, 0.25) is 0 Å². The summed E-state index contributed by atoms with van der Waals surface area (Å²) in [6, 6.07) is 0. The summed E-state index contributed by atoms with van der Waals surface area (Å²) in [6.45, 7) is 2.86. The van der Waals surface area contributed by atoms with Crippen LogP contribution in [0.4, 0.5) is 0 Å². The molecule has 0 bridgehead atoms. The number of hydrogen-bond donors (Lipinski definition) is 2. The quantitative estimate of drug-likeness (QED) is 0.762. The first kappa shape index (κ1) is 11.2. The summed E-state index contributed by atoms with van der Waals surface area (Å²) in [5.41, 5.74) is 2.91. The van der Waals surface area contributed by atoms with Gasteiger partial charge < -0.3 is 5.32 Å². The van der Waals surface area contributed by atoms with E-state index < -0.39 is 0 Å². The molecule has 0 radical (unpaired) electrons. The molecule has 0 aliphatic heterocycles. The van der Waals surface area contributed by atoms with E-state index in [0.717, 1.165) is 43.5 Å². The molecule has 1 aliphatic carbocycles. The summed E-state index contributed by atoms with van der Waals surface area (Å²) in [5, 5.41) is 10.0. The molecule has 1 aromatic heterocycles. The number of rotatable bonds is 4. The van der Waals surface area contributed by atoms with Gasteiger partial charge in [0.25, 0.3) is 5.91 Å². The van der Waals surface area contributed by atoms with Gasteiger partial charge in [-0.1, -0.05) is 13.3 Å². The number of carbonyl (C=O) groups is 1. The third-order valence-electron chi connectivity index (χ3n) is 3.09. The van der Waals surface area contributed by atoms with Gasteiger partial charge in [-0.2, -0.15) is 5.10 Å². The maximum absolute atomic E-state index is 11.9. The predicted molar refractivity (Wildman–Crippen MR) is 62.5 cm³/mol. The number of aromatic amines is 1. The molecule has 0 fully saturated rings. The van der Waals surface area contributed by atoms with E-state index in [4.69, 9.17) is 0 Å². The molecule has 1 aromatic rings. The number of H-pyrrole nitrogens is 1. The van der Waals surface area contributed by atoms with E-state index in [1.807, 2.05) is 0 Å². The number of amides is 1. The smallest absolute Gasteiger partial charge is 0.272 e. The summed E-state index contributed by atoms with van der Waals surface area (Å²) in [6.07, 6.45) is 6.51. The van der Waals surface area contributed by atoms with Gasteiger partial charge in [0, 0.05) is 17.8 Å². The minimum Gasteiger partial charge on any atom is -0.351 e. The molecule has 16 heavy (non-hydrogen) atoms. The number of unbranched alkanes of at least 4 members (excludes halogenated alkanes) is 1. The lowest BCUT2D eigenvalue weighted by molar-refractivity contribution is 0.0947. The van der Waals surface area contributed by atoms with Gasteiger partial charge in [-0.15, -0.1) is 0 Å². The molecule has 0 atom stereocenters. The molecular weight excluding hydrogens is 202 g/mol. The highest BCUT2D eigenvalue weighted by Gasteiger charge is 2.20. The summed E-state index contributed by atoms with van der Waals surface area (Å²) in [4.78, 5) is 11.9. The summed E-state index contributed by atoms with van der Waals surface area (Å²) in [5.74, 6) is -0.0205. The van der Waals surface area contributed by atoms with E-state index in [0.29, 0.717) is 5.69 Å². The standard InChI is InChI=1S/C12H19N3O/c1-2-3-8-13-12(16)11-9-6-4-5-7-10(9)14-15-11/h2-8H2,1H3,(H,13,16)(H,14,15). The Morgan fingerprint density at radius 3 is 3.06 bits per heavy atom. The maximum Gasteiger partial charge on any atom is 0.272 e. The van der Waals surface area contributed by atoms with Gasteiger partial charge >= 0.3 is 0 Å². The lowest BCUT2D eigenvalue weighted by Crippen LogP contribution is -2.26. The van der Waals surface area contributed by atoms with Crippen LogP contribution in [0.25, 0.3) is 0 Å². The molecule has 0 aromatic carbocycles. The van der Waals surface area contributed by atoms with Crippen molar-refractivity contribution < 1.29 is 4.79 Å². The SMILES string of the molecule is CCCCNC(=O)c1n[nH]c2c1CCCC2. The van der Waals surface area contributed by atoms with E-state index in [1.54, 1.807) is 0 Å². The fourth-order valence-corrected chi connectivity index (χ4v) is 2.13. The zero-order valence-electron chi connectivity index (χ0n) is 9.81. The Morgan fingerprint density at radius 1 is 1.44 bits per heavy atom. The first-order chi connectivity index (χ1) is 7.83. The van der Waals surface area contributed by atoms with Gasteiger partial charge in [0.15, 0.2) is 5.69 Å². The number of aryl methyl sites for hydroxylation is 1. The van der Waals surface area contributed by atoms with Crippen molar-refractivity contribution in [2.45, 2.75) is 45.4 Å². The molecule has 1 aliphatic rings. The van der Waals surface area contributed by atoms with Crippen molar-refractivity contribution in [1.29, 1.82) is 0 Å². The fourth-order valence-electron chi connectivity index (χ4n) is 2.13. The fraction of sp³-hybridized carbons (Fsp3) is 0.667. The van der Waals surface area contributed by atoms with Crippen molar-refractivity contribution >= 4 is 5.91 Å². The van der Waals surface area contributed by atoms with Gasteiger partial charge in [0.2, 0.25) is 0 Å². The van der Waals surface area contributed by atoms with E-state index in [-0.39, 0.29) is 5.91 Å².